The molecule has 5 nitrogen and oxygen atoms in total. The summed E-state index contributed by atoms with van der Waals surface area (Å²) in [5.74, 6) is -0.475. The van der Waals surface area contributed by atoms with Crippen molar-refractivity contribution in [3.63, 3.8) is 0 Å². The fraction of sp³-hybridized carbons (Fsp3) is 0.222. The van der Waals surface area contributed by atoms with Gasteiger partial charge in [0.15, 0.2) is 6.04 Å². The van der Waals surface area contributed by atoms with Crippen molar-refractivity contribution >= 4 is 11.7 Å². The summed E-state index contributed by atoms with van der Waals surface area (Å²) in [5.41, 5.74) is 2.65. The summed E-state index contributed by atoms with van der Waals surface area (Å²) in [6.07, 6.45) is 0.790. The zero-order valence-electron chi connectivity index (χ0n) is 13.0. The van der Waals surface area contributed by atoms with Crippen LogP contribution in [-0.4, -0.2) is 18.2 Å². The molecular weight excluding hydrogens is 292 g/mol. The lowest BCUT2D eigenvalue weighted by Gasteiger charge is -2.20. The number of nitrogens with zero attached hydrogens (tertiary/aromatic N) is 1. The zero-order chi connectivity index (χ0) is 16.8. The van der Waals surface area contributed by atoms with E-state index in [-0.39, 0.29) is 5.75 Å². The van der Waals surface area contributed by atoms with Crippen LogP contribution in [-0.2, 0) is 16.0 Å². The van der Waals surface area contributed by atoms with Gasteiger partial charge in [0.2, 0.25) is 0 Å². The number of ether oxygens (including phenoxy) is 1. The smallest absolute Gasteiger partial charge is 0.333 e. The highest BCUT2D eigenvalue weighted by Crippen LogP contribution is 2.29. The van der Waals surface area contributed by atoms with E-state index in [1.165, 1.54) is 7.11 Å². The topological polar surface area (TPSA) is 82.4 Å². The van der Waals surface area contributed by atoms with E-state index in [1.807, 2.05) is 19.1 Å². The number of nitriles is 1. The SMILES string of the molecule is CCc1ccc(O)c(C(Nc2ccc(C#N)cc2)C(=O)OC)c1. The number of carbonyl (C=O) groups is 1. The molecule has 0 saturated heterocycles. The van der Waals surface area contributed by atoms with E-state index >= 15 is 0 Å². The molecular formula is C18H18N2O3. The van der Waals surface area contributed by atoms with Gasteiger partial charge in [-0.2, -0.15) is 5.26 Å². The number of carbonyl (C=O) groups excluding carboxylic acids is 1. The number of aryl methyl sites for hydroxylation is 1. The maximum absolute atomic E-state index is 12.1. The van der Waals surface area contributed by atoms with Gasteiger partial charge >= 0.3 is 5.97 Å². The van der Waals surface area contributed by atoms with E-state index < -0.39 is 12.0 Å². The van der Waals surface area contributed by atoms with Gasteiger partial charge in [-0.3, -0.25) is 0 Å². The first-order chi connectivity index (χ1) is 11.1. The fourth-order valence-corrected chi connectivity index (χ4v) is 2.24. The molecule has 0 radical (unpaired) electrons. The van der Waals surface area contributed by atoms with Crippen LogP contribution in [0.2, 0.25) is 0 Å². The highest BCUT2D eigenvalue weighted by molar-refractivity contribution is 5.82. The van der Waals surface area contributed by atoms with Crippen LogP contribution in [0.25, 0.3) is 0 Å². The van der Waals surface area contributed by atoms with Crippen molar-refractivity contribution in [2.24, 2.45) is 0 Å². The number of phenols is 1. The van der Waals surface area contributed by atoms with Gasteiger partial charge in [0.1, 0.15) is 5.75 Å². The minimum Gasteiger partial charge on any atom is -0.508 e. The van der Waals surface area contributed by atoms with Crippen molar-refractivity contribution in [3.05, 3.63) is 59.2 Å². The minimum absolute atomic E-state index is 0.0266. The number of nitrogens with one attached hydrogen (secondary N) is 1. The molecule has 2 N–H and O–H groups in total. The van der Waals surface area contributed by atoms with Crippen molar-refractivity contribution in [1.29, 1.82) is 5.26 Å². The minimum atomic E-state index is -0.834. The highest BCUT2D eigenvalue weighted by atomic mass is 16.5. The zero-order valence-corrected chi connectivity index (χ0v) is 13.0. The summed E-state index contributed by atoms with van der Waals surface area (Å²) < 4.78 is 4.85. The van der Waals surface area contributed by atoms with Gasteiger partial charge in [-0.25, -0.2) is 4.79 Å². The molecule has 0 saturated carbocycles. The van der Waals surface area contributed by atoms with Gasteiger partial charge in [0.25, 0.3) is 0 Å². The van der Waals surface area contributed by atoms with E-state index in [1.54, 1.807) is 36.4 Å². The van der Waals surface area contributed by atoms with Gasteiger partial charge < -0.3 is 15.2 Å². The van der Waals surface area contributed by atoms with E-state index in [0.29, 0.717) is 16.8 Å². The first-order valence-electron chi connectivity index (χ1n) is 7.25. The van der Waals surface area contributed by atoms with E-state index in [2.05, 4.69) is 5.32 Å². The van der Waals surface area contributed by atoms with E-state index in [4.69, 9.17) is 10.00 Å². The third-order valence-corrected chi connectivity index (χ3v) is 3.57. The number of hydrogen-bond acceptors (Lipinski definition) is 5. The molecule has 1 atom stereocenters. The average Bonchev–Trinajstić information content (AvgIpc) is 2.60. The number of phenolic OH excluding ortho intramolecular Hbond substituents is 1. The summed E-state index contributed by atoms with van der Waals surface area (Å²) in [6, 6.07) is 13.1. The van der Waals surface area contributed by atoms with Crippen molar-refractivity contribution < 1.29 is 14.6 Å². The molecule has 0 spiro atoms. The summed E-state index contributed by atoms with van der Waals surface area (Å²) in [5, 5.41) is 22.0. The van der Waals surface area contributed by atoms with Crippen LogP contribution in [0, 0.1) is 11.3 Å². The first kappa shape index (κ1) is 16.4. The van der Waals surface area contributed by atoms with Crippen molar-refractivity contribution in [3.8, 4) is 11.8 Å². The number of rotatable bonds is 5. The average molecular weight is 310 g/mol. The summed E-state index contributed by atoms with van der Waals surface area (Å²) in [6.45, 7) is 2.00. The molecule has 0 aliphatic rings. The third kappa shape index (κ3) is 3.80. The molecule has 118 valence electrons. The van der Waals surface area contributed by atoms with Crippen molar-refractivity contribution in [1.82, 2.24) is 0 Å². The Bertz CT molecular complexity index is 733. The molecule has 2 rings (SSSR count). The molecule has 0 aliphatic carbocycles. The van der Waals surface area contributed by atoms with Crippen LogP contribution in [0.5, 0.6) is 5.75 Å². The Hall–Kier alpha value is -3.00. The lowest BCUT2D eigenvalue weighted by Crippen LogP contribution is -2.22. The molecule has 1 unspecified atom stereocenters. The predicted octanol–water partition coefficient (Wildman–Crippen LogP) is 3.15. The maximum atomic E-state index is 12.1. The van der Waals surface area contributed by atoms with Gasteiger partial charge in [-0.15, -0.1) is 0 Å². The Balaban J connectivity index is 2.37. The number of esters is 1. The normalized spacial score (nSPS) is 11.3. The fourth-order valence-electron chi connectivity index (χ4n) is 2.24. The Labute approximate surface area is 135 Å². The maximum Gasteiger partial charge on any atom is 0.333 e. The second-order valence-electron chi connectivity index (χ2n) is 5.04. The molecule has 5 heteroatoms. The Kier molecular flexibility index (Phi) is 5.21. The molecule has 0 aliphatic heterocycles. The van der Waals surface area contributed by atoms with Crippen LogP contribution < -0.4 is 5.32 Å². The van der Waals surface area contributed by atoms with Crippen LogP contribution >= 0.6 is 0 Å². The number of hydrogen-bond donors (Lipinski definition) is 2. The molecule has 0 heterocycles. The molecule has 0 bridgehead atoms. The van der Waals surface area contributed by atoms with Crippen LogP contribution in [0.4, 0.5) is 5.69 Å². The van der Waals surface area contributed by atoms with Crippen LogP contribution in [0.1, 0.15) is 29.7 Å². The number of methoxy groups -OCH3 is 1. The second-order valence-corrected chi connectivity index (χ2v) is 5.04. The van der Waals surface area contributed by atoms with Gasteiger partial charge in [-0.1, -0.05) is 13.0 Å². The molecule has 0 aromatic heterocycles. The number of benzene rings is 2. The van der Waals surface area contributed by atoms with Crippen molar-refractivity contribution in [2.75, 3.05) is 12.4 Å². The van der Waals surface area contributed by atoms with Gasteiger partial charge in [0, 0.05) is 11.3 Å². The second kappa shape index (κ2) is 7.32. The predicted molar refractivity (Wildman–Crippen MR) is 87.0 cm³/mol. The third-order valence-electron chi connectivity index (χ3n) is 3.57. The first-order valence-corrected chi connectivity index (χ1v) is 7.25. The number of anilines is 1. The van der Waals surface area contributed by atoms with Crippen LogP contribution in [0.15, 0.2) is 42.5 Å². The largest absolute Gasteiger partial charge is 0.508 e. The molecule has 23 heavy (non-hydrogen) atoms. The monoisotopic (exact) mass is 310 g/mol. The standard InChI is InChI=1S/C18H18N2O3/c1-3-12-6-9-16(21)15(10-12)17(18(22)23-2)20-14-7-4-13(11-19)5-8-14/h4-10,17,20-21H,3H2,1-2H3. The lowest BCUT2D eigenvalue weighted by atomic mass is 10.0. The Morgan fingerprint density at radius 1 is 1.30 bits per heavy atom. The van der Waals surface area contributed by atoms with Crippen LogP contribution in [0.3, 0.4) is 0 Å². The molecule has 0 amide bonds. The Morgan fingerprint density at radius 2 is 2.00 bits per heavy atom. The molecule has 2 aromatic rings. The quantitative estimate of drug-likeness (QED) is 0.829. The highest BCUT2D eigenvalue weighted by Gasteiger charge is 2.24. The summed E-state index contributed by atoms with van der Waals surface area (Å²) in [4.78, 5) is 12.1. The lowest BCUT2D eigenvalue weighted by molar-refractivity contribution is -0.141. The summed E-state index contributed by atoms with van der Waals surface area (Å²) >= 11 is 0. The van der Waals surface area contributed by atoms with E-state index in [9.17, 15) is 9.90 Å². The molecule has 2 aromatic carbocycles. The summed E-state index contributed by atoms with van der Waals surface area (Å²) in [7, 11) is 1.30. The van der Waals surface area contributed by atoms with Crippen molar-refractivity contribution in [2.45, 2.75) is 19.4 Å². The Morgan fingerprint density at radius 3 is 2.57 bits per heavy atom. The molecule has 0 fully saturated rings. The van der Waals surface area contributed by atoms with Gasteiger partial charge in [0.05, 0.1) is 18.7 Å². The van der Waals surface area contributed by atoms with Gasteiger partial charge in [-0.05, 0) is 48.4 Å². The van der Waals surface area contributed by atoms with E-state index in [0.717, 1.165) is 12.0 Å². The number of aromatic hydroxyl groups is 1.